The second kappa shape index (κ2) is 7.43. The van der Waals surface area contributed by atoms with Gasteiger partial charge in [-0.25, -0.2) is 0 Å². The van der Waals surface area contributed by atoms with Gasteiger partial charge in [-0.3, -0.25) is 9.59 Å². The third-order valence-corrected chi connectivity index (χ3v) is 4.83. The molecule has 5 heteroatoms. The van der Waals surface area contributed by atoms with E-state index in [0.717, 1.165) is 12.0 Å². The number of methoxy groups -OCH3 is 1. The number of hydrogen-bond donors (Lipinski definition) is 1. The fraction of sp³-hybridized carbons (Fsp3) is 0.364. The molecular weight excluding hydrogens is 340 g/mol. The van der Waals surface area contributed by atoms with Crippen LogP contribution in [0.4, 0.5) is 11.4 Å². The molecule has 2 amide bonds. The molecule has 0 atom stereocenters. The van der Waals surface area contributed by atoms with E-state index in [1.54, 1.807) is 18.1 Å². The second-order valence-electron chi connectivity index (χ2n) is 7.79. The molecule has 5 nitrogen and oxygen atoms in total. The summed E-state index contributed by atoms with van der Waals surface area (Å²) in [7, 11) is 1.58. The number of nitrogens with zero attached hydrogens (tertiary/aromatic N) is 1. The summed E-state index contributed by atoms with van der Waals surface area (Å²) in [5.74, 6) is 0.406. The molecule has 3 rings (SSSR count). The highest BCUT2D eigenvalue weighted by Gasteiger charge is 2.26. The van der Waals surface area contributed by atoms with Gasteiger partial charge in [-0.2, -0.15) is 0 Å². The standard InChI is InChI=1S/C22H26N2O3/c1-22(2,3)15-11-12-19(27-4)17(14-15)23-21(26)16-8-5-6-9-18(16)24-13-7-10-20(24)25/h5-6,8-9,11-12,14H,7,10,13H2,1-4H3,(H,23,26). The molecular formula is C22H26N2O3. The number of benzene rings is 2. The lowest BCUT2D eigenvalue weighted by molar-refractivity contribution is -0.117. The van der Waals surface area contributed by atoms with Gasteiger partial charge >= 0.3 is 0 Å². The van der Waals surface area contributed by atoms with Crippen LogP contribution >= 0.6 is 0 Å². The molecule has 142 valence electrons. The summed E-state index contributed by atoms with van der Waals surface area (Å²) < 4.78 is 5.42. The van der Waals surface area contributed by atoms with Crippen molar-refractivity contribution in [1.29, 1.82) is 0 Å². The average Bonchev–Trinajstić information content (AvgIpc) is 3.06. The summed E-state index contributed by atoms with van der Waals surface area (Å²) in [5.41, 5.74) is 2.81. The van der Waals surface area contributed by atoms with Crippen LogP contribution in [0.2, 0.25) is 0 Å². The van der Waals surface area contributed by atoms with E-state index in [0.29, 0.717) is 35.7 Å². The van der Waals surface area contributed by atoms with Crippen molar-refractivity contribution < 1.29 is 14.3 Å². The number of para-hydroxylation sites is 1. The molecule has 2 aromatic carbocycles. The molecule has 0 unspecified atom stereocenters. The highest BCUT2D eigenvalue weighted by molar-refractivity contribution is 6.11. The summed E-state index contributed by atoms with van der Waals surface area (Å²) in [5, 5.41) is 2.97. The van der Waals surface area contributed by atoms with E-state index < -0.39 is 0 Å². The average molecular weight is 366 g/mol. The molecule has 1 aliphatic rings. The van der Waals surface area contributed by atoms with Crippen LogP contribution in [0.1, 0.15) is 49.5 Å². The van der Waals surface area contributed by atoms with Crippen LogP contribution < -0.4 is 15.0 Å². The molecule has 0 bridgehead atoms. The van der Waals surface area contributed by atoms with Crippen LogP contribution in [0.3, 0.4) is 0 Å². The molecule has 0 aromatic heterocycles. The van der Waals surface area contributed by atoms with Crippen molar-refractivity contribution >= 4 is 23.2 Å². The largest absolute Gasteiger partial charge is 0.495 e. The van der Waals surface area contributed by atoms with Crippen molar-refractivity contribution in [2.24, 2.45) is 0 Å². The topological polar surface area (TPSA) is 58.6 Å². The Morgan fingerprint density at radius 1 is 1.15 bits per heavy atom. The van der Waals surface area contributed by atoms with E-state index in [1.807, 2.05) is 36.4 Å². The first-order valence-corrected chi connectivity index (χ1v) is 9.20. The fourth-order valence-electron chi connectivity index (χ4n) is 3.27. The molecule has 0 spiro atoms. The SMILES string of the molecule is COc1ccc(C(C)(C)C)cc1NC(=O)c1ccccc1N1CCCC1=O. The summed E-state index contributed by atoms with van der Waals surface area (Å²) in [4.78, 5) is 26.9. The van der Waals surface area contributed by atoms with Crippen molar-refractivity contribution in [3.8, 4) is 5.75 Å². The van der Waals surface area contributed by atoms with E-state index in [1.165, 1.54) is 0 Å². The predicted molar refractivity (Wildman–Crippen MR) is 108 cm³/mol. The van der Waals surface area contributed by atoms with Crippen molar-refractivity contribution in [2.75, 3.05) is 23.9 Å². The Kier molecular flexibility index (Phi) is 5.22. The van der Waals surface area contributed by atoms with E-state index in [9.17, 15) is 9.59 Å². The Morgan fingerprint density at radius 3 is 2.52 bits per heavy atom. The Bertz CT molecular complexity index is 868. The van der Waals surface area contributed by atoms with E-state index in [-0.39, 0.29) is 17.2 Å². The highest BCUT2D eigenvalue weighted by Crippen LogP contribution is 2.33. The van der Waals surface area contributed by atoms with Gasteiger partial charge in [0.1, 0.15) is 5.75 Å². The number of amides is 2. The maximum absolute atomic E-state index is 13.0. The number of rotatable bonds is 4. The van der Waals surface area contributed by atoms with E-state index >= 15 is 0 Å². The number of carbonyl (C=O) groups excluding carboxylic acids is 2. The lowest BCUT2D eigenvalue weighted by Gasteiger charge is -2.22. The number of carbonyl (C=O) groups is 2. The van der Waals surface area contributed by atoms with Gasteiger partial charge in [0, 0.05) is 13.0 Å². The maximum Gasteiger partial charge on any atom is 0.257 e. The number of ether oxygens (including phenoxy) is 1. The van der Waals surface area contributed by atoms with Crippen molar-refractivity contribution in [1.82, 2.24) is 0 Å². The third-order valence-electron chi connectivity index (χ3n) is 4.83. The zero-order valence-electron chi connectivity index (χ0n) is 16.3. The molecule has 2 aromatic rings. The lowest BCUT2D eigenvalue weighted by Crippen LogP contribution is -2.27. The first-order valence-electron chi connectivity index (χ1n) is 9.20. The number of nitrogens with one attached hydrogen (secondary N) is 1. The van der Waals surface area contributed by atoms with Crippen LogP contribution in [0.15, 0.2) is 42.5 Å². The zero-order chi connectivity index (χ0) is 19.6. The summed E-state index contributed by atoms with van der Waals surface area (Å²) in [6.45, 7) is 7.00. The summed E-state index contributed by atoms with van der Waals surface area (Å²) in [6, 6.07) is 13.0. The number of anilines is 2. The quantitative estimate of drug-likeness (QED) is 0.874. The Morgan fingerprint density at radius 2 is 1.89 bits per heavy atom. The normalized spacial score (nSPS) is 14.4. The zero-order valence-corrected chi connectivity index (χ0v) is 16.3. The van der Waals surface area contributed by atoms with Crippen molar-refractivity contribution in [3.63, 3.8) is 0 Å². The first-order chi connectivity index (χ1) is 12.8. The molecule has 1 aliphatic heterocycles. The van der Waals surface area contributed by atoms with Gasteiger partial charge in [-0.05, 0) is 41.7 Å². The minimum absolute atomic E-state index is 0.0500. The van der Waals surface area contributed by atoms with Crippen LogP contribution in [0.25, 0.3) is 0 Å². The highest BCUT2D eigenvalue weighted by atomic mass is 16.5. The van der Waals surface area contributed by atoms with Gasteiger partial charge in [0.15, 0.2) is 0 Å². The van der Waals surface area contributed by atoms with Crippen LogP contribution in [-0.4, -0.2) is 25.5 Å². The maximum atomic E-state index is 13.0. The van der Waals surface area contributed by atoms with E-state index in [2.05, 4.69) is 26.1 Å². The van der Waals surface area contributed by atoms with Gasteiger partial charge < -0.3 is 15.0 Å². The van der Waals surface area contributed by atoms with Gasteiger partial charge in [0.25, 0.3) is 5.91 Å². The van der Waals surface area contributed by atoms with E-state index in [4.69, 9.17) is 4.74 Å². The fourth-order valence-corrected chi connectivity index (χ4v) is 3.27. The third kappa shape index (κ3) is 3.97. The van der Waals surface area contributed by atoms with Gasteiger partial charge in [-0.1, -0.05) is 39.0 Å². The first kappa shape index (κ1) is 19.0. The van der Waals surface area contributed by atoms with Crippen LogP contribution in [0, 0.1) is 0 Å². The molecule has 0 aliphatic carbocycles. The summed E-state index contributed by atoms with van der Waals surface area (Å²) in [6.07, 6.45) is 1.34. The molecule has 0 saturated carbocycles. The molecule has 1 fully saturated rings. The van der Waals surface area contributed by atoms with Crippen molar-refractivity contribution in [2.45, 2.75) is 39.0 Å². The van der Waals surface area contributed by atoms with Crippen molar-refractivity contribution in [3.05, 3.63) is 53.6 Å². The van der Waals surface area contributed by atoms with Gasteiger partial charge in [-0.15, -0.1) is 0 Å². The Hall–Kier alpha value is -2.82. The molecule has 1 heterocycles. The van der Waals surface area contributed by atoms with Gasteiger partial charge in [0.05, 0.1) is 24.0 Å². The minimum Gasteiger partial charge on any atom is -0.495 e. The number of hydrogen-bond acceptors (Lipinski definition) is 3. The summed E-state index contributed by atoms with van der Waals surface area (Å²) >= 11 is 0. The van der Waals surface area contributed by atoms with Crippen LogP contribution in [0.5, 0.6) is 5.75 Å². The minimum atomic E-state index is -0.255. The molecule has 0 radical (unpaired) electrons. The second-order valence-corrected chi connectivity index (χ2v) is 7.79. The molecule has 1 saturated heterocycles. The molecule has 27 heavy (non-hydrogen) atoms. The lowest BCUT2D eigenvalue weighted by atomic mass is 9.87. The van der Waals surface area contributed by atoms with Gasteiger partial charge in [0.2, 0.25) is 5.91 Å². The Labute approximate surface area is 160 Å². The Balaban J connectivity index is 1.94. The smallest absolute Gasteiger partial charge is 0.257 e. The molecule has 1 N–H and O–H groups in total. The van der Waals surface area contributed by atoms with Crippen LogP contribution in [-0.2, 0) is 10.2 Å². The predicted octanol–water partition coefficient (Wildman–Crippen LogP) is 4.37. The monoisotopic (exact) mass is 366 g/mol.